The van der Waals surface area contributed by atoms with Crippen molar-refractivity contribution >= 4 is 0 Å². The summed E-state index contributed by atoms with van der Waals surface area (Å²) in [6, 6.07) is 9.32. The van der Waals surface area contributed by atoms with Crippen LogP contribution in [0.3, 0.4) is 0 Å². The maximum absolute atomic E-state index is 5.79. The van der Waals surface area contributed by atoms with Crippen LogP contribution in [0.4, 0.5) is 0 Å². The van der Waals surface area contributed by atoms with Crippen LogP contribution in [0.1, 0.15) is 43.2 Å². The minimum atomic E-state index is 0.648. The first-order valence-electron chi connectivity index (χ1n) is 6.78. The van der Waals surface area contributed by atoms with Gasteiger partial charge in [0.2, 0.25) is 0 Å². The molecule has 2 N–H and O–H groups in total. The van der Waals surface area contributed by atoms with Crippen molar-refractivity contribution in [2.75, 3.05) is 7.05 Å². The predicted octanol–water partition coefficient (Wildman–Crippen LogP) is 2.91. The first-order chi connectivity index (χ1) is 8.31. The quantitative estimate of drug-likeness (QED) is 0.865. The third-order valence-electron chi connectivity index (χ3n) is 3.96. The molecule has 1 aromatic rings. The lowest BCUT2D eigenvalue weighted by Crippen LogP contribution is -2.33. The van der Waals surface area contributed by atoms with Gasteiger partial charge >= 0.3 is 0 Å². The van der Waals surface area contributed by atoms with Crippen LogP contribution in [0.25, 0.3) is 0 Å². The zero-order valence-electron chi connectivity index (χ0n) is 10.9. The smallest absolute Gasteiger partial charge is 0.0236 e. The van der Waals surface area contributed by atoms with Crippen molar-refractivity contribution in [2.45, 2.75) is 51.2 Å². The second kappa shape index (κ2) is 6.18. The highest BCUT2D eigenvalue weighted by Crippen LogP contribution is 2.23. The molecule has 1 aliphatic carbocycles. The van der Waals surface area contributed by atoms with Gasteiger partial charge in [0.25, 0.3) is 0 Å². The Bertz CT molecular complexity index is 343. The molecule has 0 amide bonds. The average molecular weight is 232 g/mol. The zero-order valence-corrected chi connectivity index (χ0v) is 10.9. The molecule has 2 nitrogen and oxygen atoms in total. The van der Waals surface area contributed by atoms with Gasteiger partial charge in [-0.05, 0) is 31.0 Å². The van der Waals surface area contributed by atoms with Crippen LogP contribution in [-0.2, 0) is 13.1 Å². The van der Waals surface area contributed by atoms with Gasteiger partial charge in [-0.25, -0.2) is 0 Å². The molecule has 1 aliphatic rings. The lowest BCUT2D eigenvalue weighted by Gasteiger charge is -2.31. The van der Waals surface area contributed by atoms with Crippen molar-refractivity contribution in [1.82, 2.24) is 4.90 Å². The third-order valence-corrected chi connectivity index (χ3v) is 3.96. The van der Waals surface area contributed by atoms with Crippen molar-refractivity contribution in [3.05, 3.63) is 35.4 Å². The van der Waals surface area contributed by atoms with Crippen molar-refractivity contribution < 1.29 is 0 Å². The Morgan fingerprint density at radius 1 is 1.12 bits per heavy atom. The molecule has 1 saturated carbocycles. The second-order valence-electron chi connectivity index (χ2n) is 5.18. The van der Waals surface area contributed by atoms with Crippen LogP contribution in [0.5, 0.6) is 0 Å². The first-order valence-corrected chi connectivity index (χ1v) is 6.78. The van der Waals surface area contributed by atoms with E-state index in [1.54, 1.807) is 0 Å². The maximum Gasteiger partial charge on any atom is 0.0236 e. The minimum absolute atomic E-state index is 0.648. The number of hydrogen-bond donors (Lipinski definition) is 1. The normalized spacial score (nSPS) is 17.6. The van der Waals surface area contributed by atoms with Gasteiger partial charge in [-0.3, -0.25) is 4.90 Å². The topological polar surface area (TPSA) is 29.3 Å². The van der Waals surface area contributed by atoms with Crippen molar-refractivity contribution in [3.8, 4) is 0 Å². The third kappa shape index (κ3) is 3.30. The lowest BCUT2D eigenvalue weighted by molar-refractivity contribution is 0.184. The Hall–Kier alpha value is -0.860. The fourth-order valence-electron chi connectivity index (χ4n) is 2.83. The number of benzene rings is 1. The molecule has 0 unspecified atom stereocenters. The van der Waals surface area contributed by atoms with E-state index in [-0.39, 0.29) is 0 Å². The Morgan fingerprint density at radius 3 is 2.41 bits per heavy atom. The highest BCUT2D eigenvalue weighted by Gasteiger charge is 2.18. The van der Waals surface area contributed by atoms with Crippen molar-refractivity contribution in [1.29, 1.82) is 0 Å². The van der Waals surface area contributed by atoms with E-state index < -0.39 is 0 Å². The largest absolute Gasteiger partial charge is 0.326 e. The molecule has 1 fully saturated rings. The summed E-state index contributed by atoms with van der Waals surface area (Å²) in [5, 5.41) is 0. The van der Waals surface area contributed by atoms with Crippen LogP contribution >= 0.6 is 0 Å². The maximum atomic E-state index is 5.79. The number of hydrogen-bond acceptors (Lipinski definition) is 2. The molecule has 0 atom stereocenters. The molecule has 0 heterocycles. The SMILES string of the molecule is CN(Cc1ccccc1CN)C1CCCCC1. The highest BCUT2D eigenvalue weighted by atomic mass is 15.1. The summed E-state index contributed by atoms with van der Waals surface area (Å²) in [4.78, 5) is 2.51. The van der Waals surface area contributed by atoms with E-state index in [2.05, 4.69) is 36.2 Å². The lowest BCUT2D eigenvalue weighted by atomic mass is 9.94. The van der Waals surface area contributed by atoms with Gasteiger partial charge in [0.1, 0.15) is 0 Å². The molecule has 2 rings (SSSR count). The summed E-state index contributed by atoms with van der Waals surface area (Å²) < 4.78 is 0. The molecule has 0 bridgehead atoms. The molecule has 0 saturated heterocycles. The number of nitrogens with zero attached hydrogens (tertiary/aromatic N) is 1. The van der Waals surface area contributed by atoms with Crippen molar-refractivity contribution in [3.63, 3.8) is 0 Å². The van der Waals surface area contributed by atoms with E-state index in [1.807, 2.05) is 0 Å². The van der Waals surface area contributed by atoms with Gasteiger partial charge in [-0.15, -0.1) is 0 Å². The Morgan fingerprint density at radius 2 is 1.76 bits per heavy atom. The summed E-state index contributed by atoms with van der Waals surface area (Å²) in [6.45, 7) is 1.69. The Balaban J connectivity index is 1.99. The predicted molar refractivity (Wildman–Crippen MR) is 72.7 cm³/mol. The van der Waals surface area contributed by atoms with E-state index in [4.69, 9.17) is 5.73 Å². The van der Waals surface area contributed by atoms with E-state index in [0.717, 1.165) is 12.6 Å². The minimum Gasteiger partial charge on any atom is -0.326 e. The fourth-order valence-corrected chi connectivity index (χ4v) is 2.83. The van der Waals surface area contributed by atoms with Gasteiger partial charge in [-0.1, -0.05) is 43.5 Å². The molecule has 0 radical (unpaired) electrons. The molecule has 94 valence electrons. The molecule has 1 aromatic carbocycles. The van der Waals surface area contributed by atoms with E-state index >= 15 is 0 Å². The second-order valence-corrected chi connectivity index (χ2v) is 5.18. The molecular weight excluding hydrogens is 208 g/mol. The van der Waals surface area contributed by atoms with Gasteiger partial charge in [0.05, 0.1) is 0 Å². The molecular formula is C15H24N2. The standard InChI is InChI=1S/C15H24N2/c1-17(15-9-3-2-4-10-15)12-14-8-6-5-7-13(14)11-16/h5-8,15H,2-4,9-12,16H2,1H3. The molecule has 17 heavy (non-hydrogen) atoms. The van der Waals surface area contributed by atoms with Crippen LogP contribution in [-0.4, -0.2) is 18.0 Å². The summed E-state index contributed by atoms with van der Waals surface area (Å²) in [5.41, 5.74) is 8.47. The molecule has 0 spiro atoms. The molecule has 0 aromatic heterocycles. The number of rotatable bonds is 4. The highest BCUT2D eigenvalue weighted by molar-refractivity contribution is 5.26. The summed E-state index contributed by atoms with van der Waals surface area (Å²) in [6.07, 6.45) is 6.94. The van der Waals surface area contributed by atoms with Crippen LogP contribution in [0.15, 0.2) is 24.3 Å². The van der Waals surface area contributed by atoms with Crippen molar-refractivity contribution in [2.24, 2.45) is 5.73 Å². The zero-order chi connectivity index (χ0) is 12.1. The van der Waals surface area contributed by atoms with Crippen LogP contribution in [0, 0.1) is 0 Å². The van der Waals surface area contributed by atoms with Crippen LogP contribution < -0.4 is 5.73 Å². The van der Waals surface area contributed by atoms with E-state index in [1.165, 1.54) is 43.2 Å². The molecule has 2 heteroatoms. The van der Waals surface area contributed by atoms with Gasteiger partial charge < -0.3 is 5.73 Å². The van der Waals surface area contributed by atoms with Gasteiger partial charge in [0.15, 0.2) is 0 Å². The molecule has 0 aliphatic heterocycles. The number of nitrogens with two attached hydrogens (primary N) is 1. The summed E-state index contributed by atoms with van der Waals surface area (Å²) >= 11 is 0. The monoisotopic (exact) mass is 232 g/mol. The van der Waals surface area contributed by atoms with Crippen LogP contribution in [0.2, 0.25) is 0 Å². The van der Waals surface area contributed by atoms with Gasteiger partial charge in [-0.2, -0.15) is 0 Å². The summed E-state index contributed by atoms with van der Waals surface area (Å²) in [5.74, 6) is 0. The fraction of sp³-hybridized carbons (Fsp3) is 0.600. The first kappa shape index (κ1) is 12.6. The Kier molecular flexibility index (Phi) is 4.57. The van der Waals surface area contributed by atoms with E-state index in [9.17, 15) is 0 Å². The van der Waals surface area contributed by atoms with E-state index in [0.29, 0.717) is 6.54 Å². The summed E-state index contributed by atoms with van der Waals surface area (Å²) in [7, 11) is 2.25. The average Bonchev–Trinajstić information content (AvgIpc) is 2.40. The van der Waals surface area contributed by atoms with Gasteiger partial charge in [0, 0.05) is 19.1 Å². The Labute approximate surface area is 105 Å².